The first-order chi connectivity index (χ1) is 9.15. The average molecular weight is 293 g/mol. The fourth-order valence-electron chi connectivity index (χ4n) is 1.55. The van der Waals surface area contributed by atoms with Gasteiger partial charge in [0.15, 0.2) is 5.11 Å². The van der Waals surface area contributed by atoms with Crippen molar-refractivity contribution in [3.05, 3.63) is 59.1 Å². The Hall–Kier alpha value is -1.78. The molecule has 0 amide bonds. The lowest BCUT2D eigenvalue weighted by Crippen LogP contribution is -2.18. The van der Waals surface area contributed by atoms with Crippen LogP contribution in [0.15, 0.2) is 48.5 Å². The summed E-state index contributed by atoms with van der Waals surface area (Å²) in [5, 5.41) is 3.79. The van der Waals surface area contributed by atoms with E-state index in [0.717, 1.165) is 17.0 Å². The van der Waals surface area contributed by atoms with E-state index in [1.165, 1.54) is 0 Å². The van der Waals surface area contributed by atoms with Crippen molar-refractivity contribution in [2.45, 2.75) is 6.61 Å². The van der Waals surface area contributed by atoms with Gasteiger partial charge in [-0.05, 0) is 42.5 Å². The second kappa shape index (κ2) is 6.41. The number of hydrogen-bond donors (Lipinski definition) is 2. The van der Waals surface area contributed by atoms with Gasteiger partial charge in [-0.3, -0.25) is 0 Å². The highest BCUT2D eigenvalue weighted by atomic mass is 35.5. The molecule has 0 bridgehead atoms. The van der Waals surface area contributed by atoms with Gasteiger partial charge in [0.25, 0.3) is 0 Å². The maximum Gasteiger partial charge on any atom is 0.168 e. The molecule has 0 fully saturated rings. The lowest BCUT2D eigenvalue weighted by Gasteiger charge is -2.09. The van der Waals surface area contributed by atoms with E-state index in [0.29, 0.717) is 11.6 Å². The summed E-state index contributed by atoms with van der Waals surface area (Å²) in [5.41, 5.74) is 7.17. The third-order valence-electron chi connectivity index (χ3n) is 2.47. The molecule has 0 aliphatic carbocycles. The Morgan fingerprint density at radius 1 is 1.16 bits per heavy atom. The summed E-state index contributed by atoms with van der Waals surface area (Å²) in [5.74, 6) is 0.758. The van der Waals surface area contributed by atoms with Crippen molar-refractivity contribution in [2.24, 2.45) is 5.73 Å². The molecule has 98 valence electrons. The standard InChI is InChI=1S/C14H13ClN2OS/c15-13-4-2-1-3-10(13)9-18-12-7-5-11(6-8-12)17-14(16)19/h1-8H,9H2,(H3,16,17,19). The van der Waals surface area contributed by atoms with Crippen LogP contribution in [-0.2, 0) is 6.61 Å². The molecular weight excluding hydrogens is 280 g/mol. The Balaban J connectivity index is 1.97. The number of ether oxygens (including phenoxy) is 1. The van der Waals surface area contributed by atoms with Crippen LogP contribution in [-0.4, -0.2) is 5.11 Å². The first-order valence-corrected chi connectivity index (χ1v) is 6.46. The van der Waals surface area contributed by atoms with E-state index in [-0.39, 0.29) is 5.11 Å². The van der Waals surface area contributed by atoms with Gasteiger partial charge in [-0.1, -0.05) is 29.8 Å². The van der Waals surface area contributed by atoms with Crippen molar-refractivity contribution in [3.63, 3.8) is 0 Å². The maximum absolute atomic E-state index is 6.05. The van der Waals surface area contributed by atoms with Gasteiger partial charge in [0.1, 0.15) is 12.4 Å². The van der Waals surface area contributed by atoms with E-state index in [1.807, 2.05) is 48.5 Å². The molecule has 0 spiro atoms. The summed E-state index contributed by atoms with van der Waals surface area (Å²) < 4.78 is 5.66. The van der Waals surface area contributed by atoms with E-state index in [1.54, 1.807) is 0 Å². The van der Waals surface area contributed by atoms with Crippen LogP contribution in [0.4, 0.5) is 5.69 Å². The van der Waals surface area contributed by atoms with Gasteiger partial charge >= 0.3 is 0 Å². The molecule has 0 atom stereocenters. The van der Waals surface area contributed by atoms with Crippen LogP contribution >= 0.6 is 23.8 Å². The Bertz CT molecular complexity index is 572. The van der Waals surface area contributed by atoms with Crippen molar-refractivity contribution in [3.8, 4) is 5.75 Å². The minimum atomic E-state index is 0.240. The van der Waals surface area contributed by atoms with Gasteiger partial charge in [-0.25, -0.2) is 0 Å². The molecule has 0 saturated carbocycles. The zero-order valence-electron chi connectivity index (χ0n) is 10.1. The molecule has 0 heterocycles. The molecular formula is C14H13ClN2OS. The van der Waals surface area contributed by atoms with Gasteiger partial charge in [0, 0.05) is 16.3 Å². The second-order valence-corrected chi connectivity index (χ2v) is 4.74. The summed E-state index contributed by atoms with van der Waals surface area (Å²) >= 11 is 10.8. The lowest BCUT2D eigenvalue weighted by molar-refractivity contribution is 0.306. The summed E-state index contributed by atoms with van der Waals surface area (Å²) in [6.45, 7) is 0.432. The van der Waals surface area contributed by atoms with Gasteiger partial charge in [-0.15, -0.1) is 0 Å². The highest BCUT2D eigenvalue weighted by molar-refractivity contribution is 7.80. The lowest BCUT2D eigenvalue weighted by atomic mass is 10.2. The predicted molar refractivity (Wildman–Crippen MR) is 82.6 cm³/mol. The number of halogens is 1. The van der Waals surface area contributed by atoms with Crippen molar-refractivity contribution in [1.82, 2.24) is 0 Å². The van der Waals surface area contributed by atoms with Crippen LogP contribution < -0.4 is 15.8 Å². The van der Waals surface area contributed by atoms with Crippen molar-refractivity contribution in [2.75, 3.05) is 5.32 Å². The quantitative estimate of drug-likeness (QED) is 0.846. The average Bonchev–Trinajstić information content (AvgIpc) is 2.39. The molecule has 0 aromatic heterocycles. The van der Waals surface area contributed by atoms with Crippen molar-refractivity contribution >= 4 is 34.6 Å². The van der Waals surface area contributed by atoms with Gasteiger partial charge < -0.3 is 15.8 Å². The second-order valence-electron chi connectivity index (χ2n) is 3.89. The van der Waals surface area contributed by atoms with E-state index in [2.05, 4.69) is 5.32 Å². The van der Waals surface area contributed by atoms with E-state index in [4.69, 9.17) is 34.3 Å². The number of nitrogens with one attached hydrogen (secondary N) is 1. The minimum absolute atomic E-state index is 0.240. The largest absolute Gasteiger partial charge is 0.489 e. The van der Waals surface area contributed by atoms with Crippen LogP contribution in [0.25, 0.3) is 0 Å². The van der Waals surface area contributed by atoms with Crippen LogP contribution in [0.2, 0.25) is 5.02 Å². The molecule has 3 nitrogen and oxygen atoms in total. The van der Waals surface area contributed by atoms with Crippen molar-refractivity contribution < 1.29 is 4.74 Å². The van der Waals surface area contributed by atoms with E-state index >= 15 is 0 Å². The monoisotopic (exact) mass is 292 g/mol. The summed E-state index contributed by atoms with van der Waals surface area (Å²) in [6, 6.07) is 15.0. The van der Waals surface area contributed by atoms with E-state index in [9.17, 15) is 0 Å². The highest BCUT2D eigenvalue weighted by Gasteiger charge is 2.00. The SMILES string of the molecule is NC(=S)Nc1ccc(OCc2ccccc2Cl)cc1. The van der Waals surface area contributed by atoms with Crippen LogP contribution in [0.1, 0.15) is 5.56 Å². The normalized spacial score (nSPS) is 9.95. The minimum Gasteiger partial charge on any atom is -0.489 e. The van der Waals surface area contributed by atoms with Gasteiger partial charge in [0.2, 0.25) is 0 Å². The molecule has 2 rings (SSSR count). The molecule has 3 N–H and O–H groups in total. The molecule has 0 radical (unpaired) electrons. The fraction of sp³-hybridized carbons (Fsp3) is 0.0714. The van der Waals surface area contributed by atoms with Crippen LogP contribution in [0.5, 0.6) is 5.75 Å². The molecule has 0 aliphatic rings. The zero-order chi connectivity index (χ0) is 13.7. The molecule has 0 unspecified atom stereocenters. The Kier molecular flexibility index (Phi) is 4.60. The molecule has 0 saturated heterocycles. The molecule has 5 heteroatoms. The molecule has 19 heavy (non-hydrogen) atoms. The zero-order valence-corrected chi connectivity index (χ0v) is 11.7. The molecule has 2 aromatic carbocycles. The summed E-state index contributed by atoms with van der Waals surface area (Å²) in [4.78, 5) is 0. The first kappa shape index (κ1) is 13.6. The first-order valence-electron chi connectivity index (χ1n) is 5.68. The van der Waals surface area contributed by atoms with E-state index < -0.39 is 0 Å². The van der Waals surface area contributed by atoms with Gasteiger partial charge in [-0.2, -0.15) is 0 Å². The molecule has 0 aliphatic heterocycles. The van der Waals surface area contributed by atoms with Crippen LogP contribution in [0, 0.1) is 0 Å². The number of benzene rings is 2. The maximum atomic E-state index is 6.05. The fourth-order valence-corrected chi connectivity index (χ4v) is 1.86. The third kappa shape index (κ3) is 4.12. The Morgan fingerprint density at radius 2 is 1.84 bits per heavy atom. The third-order valence-corrected chi connectivity index (χ3v) is 2.94. The summed E-state index contributed by atoms with van der Waals surface area (Å²) in [7, 11) is 0. The number of nitrogens with two attached hydrogens (primary N) is 1. The number of thiocarbonyl (C=S) groups is 1. The number of hydrogen-bond acceptors (Lipinski definition) is 2. The topological polar surface area (TPSA) is 47.3 Å². The predicted octanol–water partition coefficient (Wildman–Crippen LogP) is 3.57. The number of rotatable bonds is 4. The van der Waals surface area contributed by atoms with Crippen molar-refractivity contribution in [1.29, 1.82) is 0 Å². The highest BCUT2D eigenvalue weighted by Crippen LogP contribution is 2.20. The van der Waals surface area contributed by atoms with Gasteiger partial charge in [0.05, 0.1) is 0 Å². The van der Waals surface area contributed by atoms with Crippen LogP contribution in [0.3, 0.4) is 0 Å². The summed E-state index contributed by atoms with van der Waals surface area (Å²) in [6.07, 6.45) is 0. The molecule has 2 aromatic rings. The Morgan fingerprint density at radius 3 is 2.47 bits per heavy atom. The Labute approximate surface area is 122 Å². The smallest absolute Gasteiger partial charge is 0.168 e. The number of anilines is 1.